The topological polar surface area (TPSA) is 49.4 Å². The van der Waals surface area contributed by atoms with Gasteiger partial charge in [0.25, 0.3) is 0 Å². The molecule has 0 unspecified atom stereocenters. The zero-order chi connectivity index (χ0) is 11.3. The molecule has 1 aliphatic heterocycles. The summed E-state index contributed by atoms with van der Waals surface area (Å²) in [7, 11) is -2.88. The molecule has 0 spiro atoms. The minimum atomic E-state index is -2.88. The van der Waals surface area contributed by atoms with Gasteiger partial charge in [-0.05, 0) is 25.8 Å². The van der Waals surface area contributed by atoms with Gasteiger partial charge in [-0.3, -0.25) is 0 Å². The van der Waals surface area contributed by atoms with Crippen LogP contribution in [-0.2, 0) is 10.0 Å². The molecule has 1 fully saturated rings. The number of rotatable bonds is 6. The van der Waals surface area contributed by atoms with Gasteiger partial charge in [-0.1, -0.05) is 13.8 Å². The van der Waals surface area contributed by atoms with E-state index in [4.69, 9.17) is 0 Å². The third kappa shape index (κ3) is 4.49. The SMILES string of the molecule is CC(C)NCCCCN1CCCS1(=O)=O. The standard InChI is InChI=1S/C10H22N2O2S/c1-10(2)11-6-3-4-7-12-8-5-9-15(12,13)14/h10-11H,3-9H2,1-2H3. The molecule has 0 atom stereocenters. The van der Waals surface area contributed by atoms with Crippen LogP contribution in [0.5, 0.6) is 0 Å². The van der Waals surface area contributed by atoms with Crippen LogP contribution in [0.2, 0.25) is 0 Å². The fourth-order valence-electron chi connectivity index (χ4n) is 1.75. The van der Waals surface area contributed by atoms with E-state index in [1.54, 1.807) is 4.31 Å². The molecule has 1 rings (SSSR count). The van der Waals surface area contributed by atoms with Gasteiger partial charge >= 0.3 is 0 Å². The third-order valence-electron chi connectivity index (χ3n) is 2.59. The lowest BCUT2D eigenvalue weighted by molar-refractivity contribution is 0.424. The van der Waals surface area contributed by atoms with Gasteiger partial charge < -0.3 is 5.32 Å². The second kappa shape index (κ2) is 5.82. The van der Waals surface area contributed by atoms with Crippen LogP contribution in [0.25, 0.3) is 0 Å². The summed E-state index contributed by atoms with van der Waals surface area (Å²) in [5.74, 6) is 0.344. The molecule has 1 aliphatic rings. The molecule has 1 N–H and O–H groups in total. The number of nitrogens with one attached hydrogen (secondary N) is 1. The van der Waals surface area contributed by atoms with Crippen molar-refractivity contribution >= 4 is 10.0 Å². The first-order valence-electron chi connectivity index (χ1n) is 5.73. The smallest absolute Gasteiger partial charge is 0.214 e. The maximum absolute atomic E-state index is 11.4. The molecule has 0 amide bonds. The van der Waals surface area contributed by atoms with E-state index in [0.717, 1.165) is 32.4 Å². The molecule has 5 heteroatoms. The Morgan fingerprint density at radius 3 is 2.60 bits per heavy atom. The largest absolute Gasteiger partial charge is 0.315 e. The molecule has 0 bridgehead atoms. The zero-order valence-corrected chi connectivity index (χ0v) is 10.5. The zero-order valence-electron chi connectivity index (χ0n) is 9.70. The molecule has 15 heavy (non-hydrogen) atoms. The number of hydrogen-bond donors (Lipinski definition) is 1. The predicted octanol–water partition coefficient (Wildman–Crippen LogP) is 0.800. The van der Waals surface area contributed by atoms with Crippen LogP contribution in [-0.4, -0.2) is 44.2 Å². The van der Waals surface area contributed by atoms with E-state index in [1.807, 2.05) is 0 Å². The average Bonchev–Trinajstić information content (AvgIpc) is 2.44. The van der Waals surface area contributed by atoms with E-state index < -0.39 is 10.0 Å². The maximum atomic E-state index is 11.4. The summed E-state index contributed by atoms with van der Waals surface area (Å²) >= 11 is 0. The van der Waals surface area contributed by atoms with Crippen LogP contribution >= 0.6 is 0 Å². The van der Waals surface area contributed by atoms with Gasteiger partial charge in [0.2, 0.25) is 10.0 Å². The Bertz CT molecular complexity index is 275. The van der Waals surface area contributed by atoms with E-state index in [-0.39, 0.29) is 0 Å². The van der Waals surface area contributed by atoms with E-state index in [0.29, 0.717) is 18.3 Å². The fraction of sp³-hybridized carbons (Fsp3) is 1.00. The molecule has 0 saturated carbocycles. The first kappa shape index (κ1) is 12.9. The Kier molecular flexibility index (Phi) is 5.02. The summed E-state index contributed by atoms with van der Waals surface area (Å²) in [6.45, 7) is 6.63. The lowest BCUT2D eigenvalue weighted by Crippen LogP contribution is -2.28. The number of sulfonamides is 1. The highest BCUT2D eigenvalue weighted by Crippen LogP contribution is 2.13. The second-order valence-electron chi connectivity index (χ2n) is 4.38. The lowest BCUT2D eigenvalue weighted by atomic mass is 10.3. The highest BCUT2D eigenvalue weighted by Gasteiger charge is 2.27. The average molecular weight is 234 g/mol. The molecule has 0 radical (unpaired) electrons. The molecule has 90 valence electrons. The first-order valence-corrected chi connectivity index (χ1v) is 7.34. The third-order valence-corrected chi connectivity index (χ3v) is 4.55. The van der Waals surface area contributed by atoms with Crippen LogP contribution in [0.15, 0.2) is 0 Å². The van der Waals surface area contributed by atoms with Crippen molar-refractivity contribution in [2.24, 2.45) is 0 Å². The Hall–Kier alpha value is -0.130. The van der Waals surface area contributed by atoms with Gasteiger partial charge in [0.1, 0.15) is 0 Å². The number of hydrogen-bond acceptors (Lipinski definition) is 3. The molecule has 0 aliphatic carbocycles. The Balaban J connectivity index is 2.10. The fourth-order valence-corrected chi connectivity index (χ4v) is 3.31. The summed E-state index contributed by atoms with van der Waals surface area (Å²) in [6.07, 6.45) is 2.80. The van der Waals surface area contributed by atoms with E-state index >= 15 is 0 Å². The van der Waals surface area contributed by atoms with E-state index in [2.05, 4.69) is 19.2 Å². The molecule has 0 aromatic heterocycles. The molecule has 1 heterocycles. The molecule has 0 aromatic carbocycles. The van der Waals surface area contributed by atoms with Crippen LogP contribution < -0.4 is 5.32 Å². The van der Waals surface area contributed by atoms with Crippen LogP contribution in [0.1, 0.15) is 33.1 Å². The van der Waals surface area contributed by atoms with Gasteiger partial charge in [0.15, 0.2) is 0 Å². The Labute approximate surface area is 93.1 Å². The molecule has 1 saturated heterocycles. The highest BCUT2D eigenvalue weighted by molar-refractivity contribution is 7.89. The monoisotopic (exact) mass is 234 g/mol. The van der Waals surface area contributed by atoms with Gasteiger partial charge in [-0.2, -0.15) is 0 Å². The van der Waals surface area contributed by atoms with Crippen LogP contribution in [0, 0.1) is 0 Å². The van der Waals surface area contributed by atoms with Gasteiger partial charge in [0.05, 0.1) is 5.75 Å². The Morgan fingerprint density at radius 1 is 1.33 bits per heavy atom. The van der Waals surface area contributed by atoms with E-state index in [1.165, 1.54) is 0 Å². The number of nitrogens with zero attached hydrogens (tertiary/aromatic N) is 1. The van der Waals surface area contributed by atoms with Crippen LogP contribution in [0.3, 0.4) is 0 Å². The van der Waals surface area contributed by atoms with Crippen LogP contribution in [0.4, 0.5) is 0 Å². The quantitative estimate of drug-likeness (QED) is 0.692. The molecule has 4 nitrogen and oxygen atoms in total. The Morgan fingerprint density at radius 2 is 2.07 bits per heavy atom. The van der Waals surface area contributed by atoms with Crippen molar-refractivity contribution < 1.29 is 8.42 Å². The van der Waals surface area contributed by atoms with Crippen molar-refractivity contribution in [1.29, 1.82) is 0 Å². The molecule has 0 aromatic rings. The maximum Gasteiger partial charge on any atom is 0.214 e. The minimum Gasteiger partial charge on any atom is -0.315 e. The minimum absolute atomic E-state index is 0.344. The first-order chi connectivity index (χ1) is 7.02. The summed E-state index contributed by atoms with van der Waals surface area (Å²) < 4.78 is 24.5. The summed E-state index contributed by atoms with van der Waals surface area (Å²) in [4.78, 5) is 0. The second-order valence-corrected chi connectivity index (χ2v) is 6.47. The van der Waals surface area contributed by atoms with Crippen molar-refractivity contribution in [3.63, 3.8) is 0 Å². The summed E-state index contributed by atoms with van der Waals surface area (Å²) in [5, 5.41) is 3.32. The summed E-state index contributed by atoms with van der Waals surface area (Å²) in [5.41, 5.74) is 0. The molecular weight excluding hydrogens is 212 g/mol. The highest BCUT2D eigenvalue weighted by atomic mass is 32.2. The van der Waals surface area contributed by atoms with E-state index in [9.17, 15) is 8.42 Å². The normalized spacial score (nSPS) is 21.3. The van der Waals surface area contributed by atoms with Crippen molar-refractivity contribution in [2.75, 3.05) is 25.4 Å². The van der Waals surface area contributed by atoms with Crippen molar-refractivity contribution in [3.05, 3.63) is 0 Å². The lowest BCUT2D eigenvalue weighted by Gasteiger charge is -2.14. The van der Waals surface area contributed by atoms with Gasteiger partial charge in [-0.25, -0.2) is 12.7 Å². The number of unbranched alkanes of at least 4 members (excludes halogenated alkanes) is 1. The van der Waals surface area contributed by atoms with Gasteiger partial charge in [-0.15, -0.1) is 0 Å². The van der Waals surface area contributed by atoms with Crippen molar-refractivity contribution in [2.45, 2.75) is 39.2 Å². The predicted molar refractivity (Wildman–Crippen MR) is 62.3 cm³/mol. The van der Waals surface area contributed by atoms with Crippen molar-refractivity contribution in [1.82, 2.24) is 9.62 Å². The van der Waals surface area contributed by atoms with Gasteiger partial charge in [0, 0.05) is 19.1 Å². The van der Waals surface area contributed by atoms with Crippen molar-refractivity contribution in [3.8, 4) is 0 Å². The molecular formula is C10H22N2O2S. The summed E-state index contributed by atoms with van der Waals surface area (Å²) in [6, 6.07) is 0.514.